The maximum Gasteiger partial charge on any atom is 0.305 e. The first-order valence-corrected chi connectivity index (χ1v) is 9.14. The molecule has 0 aromatic heterocycles. The van der Waals surface area contributed by atoms with Crippen molar-refractivity contribution in [2.45, 2.75) is 25.2 Å². The second kappa shape index (κ2) is 7.52. The Kier molecular flexibility index (Phi) is 5.61. The molecule has 26 heavy (non-hydrogen) atoms. The van der Waals surface area contributed by atoms with Gasteiger partial charge in [0.05, 0.1) is 17.0 Å². The number of nitrogens with zero attached hydrogens (tertiary/aromatic N) is 2. The van der Waals surface area contributed by atoms with Crippen LogP contribution in [0.5, 0.6) is 0 Å². The number of nitro groups is 1. The molecule has 0 spiro atoms. The molecule has 0 aliphatic rings. The van der Waals surface area contributed by atoms with Gasteiger partial charge in [0.15, 0.2) is 4.90 Å². The minimum Gasteiger partial charge on any atom is -0.481 e. The van der Waals surface area contributed by atoms with E-state index in [1.165, 1.54) is 12.1 Å². The highest BCUT2D eigenvalue weighted by atomic mass is 32.2. The average Bonchev–Trinajstić information content (AvgIpc) is 2.57. The van der Waals surface area contributed by atoms with Gasteiger partial charge in [-0.05, 0) is 37.1 Å². The molecule has 0 saturated heterocycles. The Morgan fingerprint density at radius 3 is 2.46 bits per heavy atom. The van der Waals surface area contributed by atoms with Crippen molar-refractivity contribution >= 4 is 27.4 Å². The van der Waals surface area contributed by atoms with E-state index < -0.39 is 37.9 Å². The Bertz CT molecular complexity index is 955. The number of carbonyl (C=O) groups is 1. The van der Waals surface area contributed by atoms with E-state index in [9.17, 15) is 23.3 Å². The zero-order chi connectivity index (χ0) is 19.5. The van der Waals surface area contributed by atoms with Crippen LogP contribution in [-0.2, 0) is 14.8 Å². The second-order valence-corrected chi connectivity index (χ2v) is 7.57. The molecule has 9 heteroatoms. The number of rotatable bonds is 7. The van der Waals surface area contributed by atoms with E-state index in [1.54, 1.807) is 32.0 Å². The predicted octanol–water partition coefficient (Wildman–Crippen LogP) is 2.88. The van der Waals surface area contributed by atoms with E-state index in [2.05, 4.69) is 0 Å². The van der Waals surface area contributed by atoms with Gasteiger partial charge in [0.2, 0.25) is 0 Å². The summed E-state index contributed by atoms with van der Waals surface area (Å²) in [6.45, 7) is 3.13. The Labute approximate surface area is 150 Å². The van der Waals surface area contributed by atoms with E-state index in [0.29, 0.717) is 11.3 Å². The summed E-state index contributed by atoms with van der Waals surface area (Å²) in [5, 5.41) is 20.2. The summed E-state index contributed by atoms with van der Waals surface area (Å²) >= 11 is 0. The third-order valence-electron chi connectivity index (χ3n) is 3.79. The first kappa shape index (κ1) is 19.4. The number of aryl methyl sites for hydroxylation is 2. The SMILES string of the molecule is Cc1ccc(C)c(N(CCC(=O)O)S(=O)(=O)c2ccccc2[N+](=O)[O-])c1. The molecule has 2 aromatic carbocycles. The number of para-hydroxylation sites is 1. The maximum absolute atomic E-state index is 13.2. The maximum atomic E-state index is 13.2. The lowest BCUT2D eigenvalue weighted by Crippen LogP contribution is -2.34. The molecule has 0 bridgehead atoms. The molecule has 138 valence electrons. The molecule has 2 rings (SSSR count). The Balaban J connectivity index is 2.66. The van der Waals surface area contributed by atoms with E-state index in [0.717, 1.165) is 22.0 Å². The monoisotopic (exact) mass is 378 g/mol. The molecule has 0 aliphatic heterocycles. The van der Waals surface area contributed by atoms with Crippen molar-refractivity contribution in [2.75, 3.05) is 10.8 Å². The summed E-state index contributed by atoms with van der Waals surface area (Å²) in [5.41, 5.74) is 1.13. The van der Waals surface area contributed by atoms with Gasteiger partial charge in [-0.15, -0.1) is 0 Å². The largest absolute Gasteiger partial charge is 0.481 e. The lowest BCUT2D eigenvalue weighted by molar-refractivity contribution is -0.387. The first-order valence-electron chi connectivity index (χ1n) is 7.70. The van der Waals surface area contributed by atoms with Gasteiger partial charge in [0.25, 0.3) is 15.7 Å². The molecule has 1 N–H and O–H groups in total. The van der Waals surface area contributed by atoms with Crippen LogP contribution >= 0.6 is 0 Å². The third kappa shape index (κ3) is 3.99. The number of nitro benzene ring substituents is 1. The van der Waals surface area contributed by atoms with Crippen LogP contribution in [-0.4, -0.2) is 31.0 Å². The number of benzene rings is 2. The fourth-order valence-corrected chi connectivity index (χ4v) is 4.18. The van der Waals surface area contributed by atoms with Gasteiger partial charge in [-0.3, -0.25) is 19.2 Å². The van der Waals surface area contributed by atoms with Crippen molar-refractivity contribution in [1.29, 1.82) is 0 Å². The first-order chi connectivity index (χ1) is 12.1. The lowest BCUT2D eigenvalue weighted by atomic mass is 10.1. The molecule has 0 fully saturated rings. The smallest absolute Gasteiger partial charge is 0.305 e. The van der Waals surface area contributed by atoms with Crippen LogP contribution < -0.4 is 4.31 Å². The minimum atomic E-state index is -4.34. The Morgan fingerprint density at radius 1 is 1.19 bits per heavy atom. The van der Waals surface area contributed by atoms with Crippen molar-refractivity contribution in [3.05, 3.63) is 63.7 Å². The van der Waals surface area contributed by atoms with Gasteiger partial charge in [0.1, 0.15) is 0 Å². The summed E-state index contributed by atoms with van der Waals surface area (Å²) in [4.78, 5) is 21.0. The van der Waals surface area contributed by atoms with Crippen LogP contribution in [0, 0.1) is 24.0 Å². The lowest BCUT2D eigenvalue weighted by Gasteiger charge is -2.25. The van der Waals surface area contributed by atoms with Gasteiger partial charge in [0, 0.05) is 12.6 Å². The molecule has 0 amide bonds. The number of sulfonamides is 1. The fraction of sp³-hybridized carbons (Fsp3) is 0.235. The standard InChI is InChI=1S/C17H18N2O6S/c1-12-7-8-13(2)15(11-12)18(10-9-17(20)21)26(24,25)16-6-4-3-5-14(16)19(22)23/h3-8,11H,9-10H2,1-2H3,(H,20,21). The quantitative estimate of drug-likeness (QED) is 0.585. The molecular weight excluding hydrogens is 360 g/mol. The number of anilines is 1. The number of carboxylic acid groups (broad SMARTS) is 1. The predicted molar refractivity (Wildman–Crippen MR) is 95.8 cm³/mol. The molecule has 8 nitrogen and oxygen atoms in total. The summed E-state index contributed by atoms with van der Waals surface area (Å²) < 4.78 is 27.2. The van der Waals surface area contributed by atoms with E-state index in [4.69, 9.17) is 5.11 Å². The normalized spacial score (nSPS) is 11.2. The van der Waals surface area contributed by atoms with Crippen molar-refractivity contribution in [3.63, 3.8) is 0 Å². The molecule has 0 unspecified atom stereocenters. The molecular formula is C17H18N2O6S. The van der Waals surface area contributed by atoms with Crippen LogP contribution in [0.1, 0.15) is 17.5 Å². The van der Waals surface area contributed by atoms with E-state index in [1.807, 2.05) is 0 Å². The topological polar surface area (TPSA) is 118 Å². The van der Waals surface area contributed by atoms with Crippen LogP contribution in [0.2, 0.25) is 0 Å². The minimum absolute atomic E-state index is 0.296. The molecule has 0 atom stereocenters. The number of hydrogen-bond donors (Lipinski definition) is 1. The Hall–Kier alpha value is -2.94. The van der Waals surface area contributed by atoms with Crippen molar-refractivity contribution in [1.82, 2.24) is 0 Å². The molecule has 0 radical (unpaired) electrons. The summed E-state index contributed by atoms with van der Waals surface area (Å²) in [5.74, 6) is -1.17. The number of aliphatic carboxylic acids is 1. The fourth-order valence-electron chi connectivity index (χ4n) is 2.50. The molecule has 0 aliphatic carbocycles. The average molecular weight is 378 g/mol. The summed E-state index contributed by atoms with van der Waals surface area (Å²) in [6.07, 6.45) is -0.437. The van der Waals surface area contributed by atoms with Gasteiger partial charge < -0.3 is 5.11 Å². The van der Waals surface area contributed by atoms with Gasteiger partial charge in [-0.25, -0.2) is 8.42 Å². The number of hydrogen-bond acceptors (Lipinski definition) is 5. The van der Waals surface area contributed by atoms with Gasteiger partial charge >= 0.3 is 5.97 Å². The molecule has 0 saturated carbocycles. The number of carboxylic acids is 1. The summed E-state index contributed by atoms with van der Waals surface area (Å²) in [7, 11) is -4.34. The Morgan fingerprint density at radius 2 is 1.85 bits per heavy atom. The highest BCUT2D eigenvalue weighted by molar-refractivity contribution is 7.93. The van der Waals surface area contributed by atoms with Crippen LogP contribution in [0.4, 0.5) is 11.4 Å². The molecule has 2 aromatic rings. The summed E-state index contributed by atoms with van der Waals surface area (Å²) in [6, 6.07) is 10.1. The van der Waals surface area contributed by atoms with Crippen LogP contribution in [0.3, 0.4) is 0 Å². The third-order valence-corrected chi connectivity index (χ3v) is 5.65. The van der Waals surface area contributed by atoms with E-state index >= 15 is 0 Å². The van der Waals surface area contributed by atoms with Gasteiger partial charge in [-0.2, -0.15) is 0 Å². The van der Waals surface area contributed by atoms with Crippen LogP contribution in [0.25, 0.3) is 0 Å². The zero-order valence-electron chi connectivity index (χ0n) is 14.2. The van der Waals surface area contributed by atoms with Crippen molar-refractivity contribution < 1.29 is 23.2 Å². The van der Waals surface area contributed by atoms with Crippen LogP contribution in [0.15, 0.2) is 47.4 Å². The second-order valence-electron chi connectivity index (χ2n) is 5.74. The zero-order valence-corrected chi connectivity index (χ0v) is 15.1. The highest BCUT2D eigenvalue weighted by Crippen LogP contribution is 2.32. The highest BCUT2D eigenvalue weighted by Gasteiger charge is 2.32. The van der Waals surface area contributed by atoms with E-state index in [-0.39, 0.29) is 6.54 Å². The van der Waals surface area contributed by atoms with Crippen molar-refractivity contribution in [2.24, 2.45) is 0 Å². The van der Waals surface area contributed by atoms with Crippen molar-refractivity contribution in [3.8, 4) is 0 Å². The molecule has 0 heterocycles. The van der Waals surface area contributed by atoms with Gasteiger partial charge in [-0.1, -0.05) is 24.3 Å².